The Hall–Kier alpha value is -1.59. The van der Waals surface area contributed by atoms with Gasteiger partial charge in [-0.15, -0.1) is 0 Å². The average molecular weight is 243 g/mol. The minimum atomic E-state index is -0.830. The molecule has 0 aromatic rings. The summed E-state index contributed by atoms with van der Waals surface area (Å²) in [6.45, 7) is 0.486. The second-order valence-corrected chi connectivity index (χ2v) is 4.13. The van der Waals surface area contributed by atoms with E-state index in [-0.39, 0.29) is 18.3 Å². The van der Waals surface area contributed by atoms with Gasteiger partial charge in [0.2, 0.25) is 0 Å². The number of ether oxygens (including phenoxy) is 1. The molecular formula is C11H17NO5. The molecule has 96 valence electrons. The summed E-state index contributed by atoms with van der Waals surface area (Å²) in [4.78, 5) is 34.4. The quantitative estimate of drug-likeness (QED) is 0.539. The topological polar surface area (TPSA) is 83.9 Å². The van der Waals surface area contributed by atoms with Crippen LogP contribution in [0.4, 0.5) is 0 Å². The molecule has 1 amide bonds. The maximum atomic E-state index is 11.8. The molecule has 1 atom stereocenters. The van der Waals surface area contributed by atoms with Crippen LogP contribution >= 0.6 is 0 Å². The molecule has 6 nitrogen and oxygen atoms in total. The number of aliphatic carboxylic acids is 1. The van der Waals surface area contributed by atoms with Crippen molar-refractivity contribution in [3.05, 3.63) is 0 Å². The van der Waals surface area contributed by atoms with Crippen LogP contribution in [0.5, 0.6) is 0 Å². The van der Waals surface area contributed by atoms with Crippen LogP contribution in [-0.2, 0) is 19.1 Å². The van der Waals surface area contributed by atoms with E-state index < -0.39 is 12.1 Å². The highest BCUT2D eigenvalue weighted by Crippen LogP contribution is 2.15. The fourth-order valence-electron chi connectivity index (χ4n) is 1.68. The van der Waals surface area contributed by atoms with Crippen LogP contribution in [0.25, 0.3) is 0 Å². The Balaban J connectivity index is 2.22. The fourth-order valence-corrected chi connectivity index (χ4v) is 1.68. The molecule has 1 fully saturated rings. The third-order valence-corrected chi connectivity index (χ3v) is 2.67. The van der Waals surface area contributed by atoms with Gasteiger partial charge in [0.15, 0.2) is 6.10 Å². The summed E-state index contributed by atoms with van der Waals surface area (Å²) in [6.07, 6.45) is 1.37. The van der Waals surface area contributed by atoms with Crippen LogP contribution < -0.4 is 0 Å². The van der Waals surface area contributed by atoms with Gasteiger partial charge in [-0.2, -0.15) is 0 Å². The predicted molar refractivity (Wildman–Crippen MR) is 58.2 cm³/mol. The molecule has 1 N–H and O–H groups in total. The molecule has 0 radical (unpaired) electrons. The molecular weight excluding hydrogens is 226 g/mol. The highest BCUT2D eigenvalue weighted by atomic mass is 16.6. The van der Waals surface area contributed by atoms with Crippen LogP contribution in [0, 0.1) is 0 Å². The number of hydrogen-bond acceptors (Lipinski definition) is 4. The zero-order chi connectivity index (χ0) is 12.8. The van der Waals surface area contributed by atoms with E-state index in [9.17, 15) is 14.4 Å². The van der Waals surface area contributed by atoms with E-state index in [1.54, 1.807) is 7.05 Å². The molecule has 1 aliphatic rings. The summed E-state index contributed by atoms with van der Waals surface area (Å²) in [6, 6.07) is 0. The second-order valence-electron chi connectivity index (χ2n) is 4.13. The Bertz CT molecular complexity index is 315. The van der Waals surface area contributed by atoms with Crippen LogP contribution in [0.3, 0.4) is 0 Å². The van der Waals surface area contributed by atoms with Crippen molar-refractivity contribution < 1.29 is 24.2 Å². The summed E-state index contributed by atoms with van der Waals surface area (Å²) >= 11 is 0. The van der Waals surface area contributed by atoms with Gasteiger partial charge in [0.1, 0.15) is 0 Å². The number of unbranched alkanes of at least 4 members (excludes halogenated alkanes) is 1. The molecule has 0 aliphatic carbocycles. The first kappa shape index (κ1) is 13.5. The van der Waals surface area contributed by atoms with E-state index in [1.165, 1.54) is 4.90 Å². The van der Waals surface area contributed by atoms with Crippen molar-refractivity contribution in [3.8, 4) is 0 Å². The van der Waals surface area contributed by atoms with Crippen molar-refractivity contribution in [1.82, 2.24) is 4.90 Å². The maximum absolute atomic E-state index is 11.8. The number of amides is 1. The Morgan fingerprint density at radius 3 is 2.71 bits per heavy atom. The standard InChI is InChI=1S/C11H17NO5/c1-12(7-3-2-4-9(13)14)11(16)8-5-6-10(15)17-8/h8H,2-7H2,1H3,(H,13,14)/t8-/m1/s1. The Morgan fingerprint density at radius 1 is 1.47 bits per heavy atom. The normalized spacial score (nSPS) is 18.9. The van der Waals surface area contributed by atoms with Crippen LogP contribution in [0.15, 0.2) is 0 Å². The van der Waals surface area contributed by atoms with Crippen LogP contribution in [-0.4, -0.2) is 47.5 Å². The van der Waals surface area contributed by atoms with Crippen molar-refractivity contribution in [3.63, 3.8) is 0 Å². The zero-order valence-electron chi connectivity index (χ0n) is 9.85. The summed E-state index contributed by atoms with van der Waals surface area (Å²) in [5.41, 5.74) is 0. The van der Waals surface area contributed by atoms with Crippen molar-refractivity contribution >= 4 is 17.8 Å². The zero-order valence-corrected chi connectivity index (χ0v) is 9.85. The summed E-state index contributed by atoms with van der Waals surface area (Å²) in [7, 11) is 1.63. The lowest BCUT2D eigenvalue weighted by atomic mass is 10.2. The van der Waals surface area contributed by atoms with E-state index >= 15 is 0 Å². The van der Waals surface area contributed by atoms with Gasteiger partial charge in [-0.05, 0) is 12.8 Å². The first-order chi connectivity index (χ1) is 8.00. The van der Waals surface area contributed by atoms with Gasteiger partial charge >= 0.3 is 11.9 Å². The largest absolute Gasteiger partial charge is 0.481 e. The molecule has 0 saturated carbocycles. The van der Waals surface area contributed by atoms with E-state index in [2.05, 4.69) is 0 Å². The molecule has 1 saturated heterocycles. The van der Waals surface area contributed by atoms with E-state index in [0.29, 0.717) is 32.2 Å². The third-order valence-electron chi connectivity index (χ3n) is 2.67. The van der Waals surface area contributed by atoms with Gasteiger partial charge in [-0.25, -0.2) is 0 Å². The highest BCUT2D eigenvalue weighted by molar-refractivity contribution is 5.86. The van der Waals surface area contributed by atoms with Gasteiger partial charge < -0.3 is 14.7 Å². The van der Waals surface area contributed by atoms with Crippen LogP contribution in [0.2, 0.25) is 0 Å². The molecule has 0 aromatic carbocycles. The van der Waals surface area contributed by atoms with Gasteiger partial charge in [-0.3, -0.25) is 14.4 Å². The molecule has 0 aromatic heterocycles. The number of cyclic esters (lactones) is 1. The van der Waals surface area contributed by atoms with Crippen molar-refractivity contribution in [1.29, 1.82) is 0 Å². The number of carboxylic acid groups (broad SMARTS) is 1. The Kier molecular flexibility index (Phi) is 4.93. The minimum absolute atomic E-state index is 0.112. The highest BCUT2D eigenvalue weighted by Gasteiger charge is 2.31. The molecule has 6 heteroatoms. The maximum Gasteiger partial charge on any atom is 0.306 e. The SMILES string of the molecule is CN(CCCCC(=O)O)C(=O)[C@H]1CCC(=O)O1. The molecule has 0 bridgehead atoms. The monoisotopic (exact) mass is 243 g/mol. The van der Waals surface area contributed by atoms with E-state index in [1.807, 2.05) is 0 Å². The third kappa shape index (κ3) is 4.42. The van der Waals surface area contributed by atoms with E-state index in [4.69, 9.17) is 9.84 Å². The van der Waals surface area contributed by atoms with Gasteiger partial charge in [-0.1, -0.05) is 0 Å². The molecule has 0 spiro atoms. The average Bonchev–Trinajstić information content (AvgIpc) is 2.69. The number of carbonyl (C=O) groups excluding carboxylic acids is 2. The van der Waals surface area contributed by atoms with E-state index in [0.717, 1.165) is 0 Å². The van der Waals surface area contributed by atoms with Gasteiger partial charge in [0, 0.05) is 32.9 Å². The smallest absolute Gasteiger partial charge is 0.306 e. The summed E-state index contributed by atoms with van der Waals surface area (Å²) in [5.74, 6) is -1.36. The first-order valence-corrected chi connectivity index (χ1v) is 5.67. The number of esters is 1. The number of nitrogens with zero attached hydrogens (tertiary/aromatic N) is 1. The minimum Gasteiger partial charge on any atom is -0.481 e. The summed E-state index contributed by atoms with van der Waals surface area (Å²) < 4.78 is 4.86. The van der Waals surface area contributed by atoms with Gasteiger partial charge in [0.25, 0.3) is 5.91 Å². The number of carbonyl (C=O) groups is 3. The fraction of sp³-hybridized carbons (Fsp3) is 0.727. The molecule has 1 rings (SSSR count). The van der Waals surface area contributed by atoms with Crippen molar-refractivity contribution in [2.45, 2.75) is 38.2 Å². The molecule has 1 heterocycles. The number of hydrogen-bond donors (Lipinski definition) is 1. The first-order valence-electron chi connectivity index (χ1n) is 5.67. The Morgan fingerprint density at radius 2 is 2.18 bits per heavy atom. The number of likely N-dealkylation sites (N-methyl/N-ethyl adjacent to an activating group) is 1. The number of carboxylic acids is 1. The lowest BCUT2D eigenvalue weighted by Gasteiger charge is -2.19. The number of rotatable bonds is 6. The lowest BCUT2D eigenvalue weighted by Crippen LogP contribution is -2.36. The summed E-state index contributed by atoms with van der Waals surface area (Å²) in [5, 5.41) is 8.45. The van der Waals surface area contributed by atoms with Crippen LogP contribution in [0.1, 0.15) is 32.1 Å². The second kappa shape index (κ2) is 6.22. The predicted octanol–water partition coefficient (Wildman–Crippen LogP) is 0.405. The van der Waals surface area contributed by atoms with Gasteiger partial charge in [0.05, 0.1) is 0 Å². The molecule has 17 heavy (non-hydrogen) atoms. The molecule has 0 unspecified atom stereocenters. The Labute approximate surface area is 99.5 Å². The lowest BCUT2D eigenvalue weighted by molar-refractivity contribution is -0.152. The van der Waals surface area contributed by atoms with Crippen molar-refractivity contribution in [2.75, 3.05) is 13.6 Å². The molecule has 1 aliphatic heterocycles. The van der Waals surface area contributed by atoms with Crippen molar-refractivity contribution in [2.24, 2.45) is 0 Å².